The Balaban J connectivity index is 1.91. The molecule has 0 bridgehead atoms. The zero-order valence-corrected chi connectivity index (χ0v) is 10.9. The Hall–Kier alpha value is -2.22. The van der Waals surface area contributed by atoms with Crippen LogP contribution in [0.3, 0.4) is 0 Å². The summed E-state index contributed by atoms with van der Waals surface area (Å²) in [5, 5.41) is 4.09. The second-order valence-corrected chi connectivity index (χ2v) is 5.33. The Bertz CT molecular complexity index is 763. The summed E-state index contributed by atoms with van der Waals surface area (Å²) in [6.07, 6.45) is 1.42. The lowest BCUT2D eigenvalue weighted by Gasteiger charge is -1.97. The van der Waals surface area contributed by atoms with Crippen molar-refractivity contribution in [1.82, 2.24) is 19.7 Å². The van der Waals surface area contributed by atoms with Crippen molar-refractivity contribution < 1.29 is 8.63 Å². The van der Waals surface area contributed by atoms with Gasteiger partial charge in [0, 0.05) is 12.7 Å². The molecule has 98 valence electrons. The molecule has 0 aliphatic carbocycles. The molecule has 0 amide bonds. The highest BCUT2D eigenvalue weighted by Crippen LogP contribution is 2.21. The van der Waals surface area contributed by atoms with E-state index in [0.717, 1.165) is 0 Å². The van der Waals surface area contributed by atoms with E-state index in [9.17, 15) is 4.21 Å². The molecule has 8 heteroatoms. The molecule has 0 fully saturated rings. The second kappa shape index (κ2) is 4.47. The summed E-state index contributed by atoms with van der Waals surface area (Å²) in [6, 6.07) is 5.10. The predicted octanol–water partition coefficient (Wildman–Crippen LogP) is 0.846. The lowest BCUT2D eigenvalue weighted by Crippen LogP contribution is -2.04. The van der Waals surface area contributed by atoms with Gasteiger partial charge in [0.25, 0.3) is 5.22 Å². The van der Waals surface area contributed by atoms with E-state index in [-0.39, 0.29) is 11.0 Å². The molecule has 7 nitrogen and oxygen atoms in total. The minimum atomic E-state index is -1.40. The molecular formula is C11H11N5O2S. The molecule has 0 aliphatic rings. The largest absolute Gasteiger partial charge is 0.430 e. The van der Waals surface area contributed by atoms with Crippen molar-refractivity contribution >= 4 is 27.6 Å². The monoisotopic (exact) mass is 277 g/mol. The number of hydrogen-bond donors (Lipinski definition) is 1. The molecule has 1 atom stereocenters. The van der Waals surface area contributed by atoms with Crippen molar-refractivity contribution in [3.63, 3.8) is 0 Å². The molecule has 3 aromatic rings. The van der Waals surface area contributed by atoms with Gasteiger partial charge in [-0.3, -0.25) is 4.68 Å². The van der Waals surface area contributed by atoms with Crippen LogP contribution in [-0.4, -0.2) is 24.0 Å². The molecule has 2 aromatic heterocycles. The standard InChI is InChI=1S/C11H11N5O2S/c1-16-10(13-6-14-16)5-19(17)11-15-8-4-7(12)2-3-9(8)18-11/h2-4,6H,5,12H2,1H3. The minimum Gasteiger partial charge on any atom is -0.430 e. The summed E-state index contributed by atoms with van der Waals surface area (Å²) in [7, 11) is 0.338. The molecule has 2 N–H and O–H groups in total. The second-order valence-electron chi connectivity index (χ2n) is 4.00. The van der Waals surface area contributed by atoms with E-state index in [4.69, 9.17) is 10.2 Å². The van der Waals surface area contributed by atoms with Gasteiger partial charge in [0.05, 0.1) is 5.75 Å². The van der Waals surface area contributed by atoms with Gasteiger partial charge in [0.1, 0.15) is 28.5 Å². The van der Waals surface area contributed by atoms with Gasteiger partial charge in [-0.2, -0.15) is 5.10 Å². The van der Waals surface area contributed by atoms with Gasteiger partial charge >= 0.3 is 0 Å². The maximum absolute atomic E-state index is 12.2. The number of hydrogen-bond acceptors (Lipinski definition) is 6. The maximum Gasteiger partial charge on any atom is 0.288 e. The number of nitrogens with two attached hydrogens (primary N) is 1. The van der Waals surface area contributed by atoms with Crippen LogP contribution >= 0.6 is 0 Å². The normalized spacial score (nSPS) is 12.9. The smallest absolute Gasteiger partial charge is 0.288 e. The van der Waals surface area contributed by atoms with E-state index in [1.165, 1.54) is 6.33 Å². The first-order chi connectivity index (χ1) is 9.13. The highest BCUT2D eigenvalue weighted by Gasteiger charge is 2.15. The Morgan fingerprint density at radius 2 is 2.32 bits per heavy atom. The Labute approximate surface area is 110 Å². The van der Waals surface area contributed by atoms with E-state index >= 15 is 0 Å². The van der Waals surface area contributed by atoms with Crippen LogP contribution in [0.2, 0.25) is 0 Å². The van der Waals surface area contributed by atoms with Crippen molar-refractivity contribution in [1.29, 1.82) is 0 Å². The van der Waals surface area contributed by atoms with Gasteiger partial charge in [0.2, 0.25) is 0 Å². The number of oxazole rings is 1. The predicted molar refractivity (Wildman–Crippen MR) is 69.5 cm³/mol. The highest BCUT2D eigenvalue weighted by atomic mass is 32.2. The van der Waals surface area contributed by atoms with Gasteiger partial charge in [0.15, 0.2) is 5.58 Å². The van der Waals surface area contributed by atoms with Crippen LogP contribution in [0.4, 0.5) is 5.69 Å². The molecule has 0 aliphatic heterocycles. The molecule has 2 heterocycles. The molecule has 0 radical (unpaired) electrons. The van der Waals surface area contributed by atoms with Crippen LogP contribution < -0.4 is 5.73 Å². The first-order valence-corrected chi connectivity index (χ1v) is 6.82. The third-order valence-electron chi connectivity index (χ3n) is 2.65. The lowest BCUT2D eigenvalue weighted by atomic mass is 10.3. The van der Waals surface area contributed by atoms with E-state index in [1.54, 1.807) is 29.9 Å². The number of nitrogen functional groups attached to an aromatic ring is 1. The fourth-order valence-electron chi connectivity index (χ4n) is 1.65. The van der Waals surface area contributed by atoms with Crippen LogP contribution in [0.5, 0.6) is 0 Å². The zero-order valence-electron chi connectivity index (χ0n) is 10.1. The first-order valence-electron chi connectivity index (χ1n) is 5.51. The fourth-order valence-corrected chi connectivity index (χ4v) is 2.65. The first kappa shape index (κ1) is 11.8. The van der Waals surface area contributed by atoms with Crippen LogP contribution in [0.15, 0.2) is 34.2 Å². The number of fused-ring (bicyclic) bond motifs is 1. The molecule has 0 saturated heterocycles. The Morgan fingerprint density at radius 1 is 1.47 bits per heavy atom. The molecule has 0 saturated carbocycles. The summed E-state index contributed by atoms with van der Waals surface area (Å²) >= 11 is 0. The Morgan fingerprint density at radius 3 is 3.05 bits per heavy atom. The van der Waals surface area contributed by atoms with Crippen molar-refractivity contribution in [3.05, 3.63) is 30.4 Å². The number of benzene rings is 1. The molecule has 3 rings (SSSR count). The highest BCUT2D eigenvalue weighted by molar-refractivity contribution is 7.84. The number of anilines is 1. The van der Waals surface area contributed by atoms with Crippen molar-refractivity contribution in [3.8, 4) is 0 Å². The van der Waals surface area contributed by atoms with Gasteiger partial charge < -0.3 is 10.2 Å². The average Bonchev–Trinajstić information content (AvgIpc) is 2.96. The summed E-state index contributed by atoms with van der Waals surface area (Å²) in [4.78, 5) is 8.20. The average molecular weight is 277 g/mol. The quantitative estimate of drug-likeness (QED) is 0.712. The van der Waals surface area contributed by atoms with E-state index in [0.29, 0.717) is 22.6 Å². The van der Waals surface area contributed by atoms with Gasteiger partial charge in [-0.15, -0.1) is 0 Å². The molecule has 1 unspecified atom stereocenters. The number of rotatable bonds is 3. The van der Waals surface area contributed by atoms with E-state index in [2.05, 4.69) is 15.1 Å². The third kappa shape index (κ3) is 2.22. The zero-order chi connectivity index (χ0) is 13.4. The molecule has 19 heavy (non-hydrogen) atoms. The van der Waals surface area contributed by atoms with Crippen molar-refractivity contribution in [2.75, 3.05) is 5.73 Å². The SMILES string of the molecule is Cn1ncnc1CS(=O)c1nc2cc(N)ccc2o1. The van der Waals surface area contributed by atoms with Crippen molar-refractivity contribution in [2.24, 2.45) is 7.05 Å². The molecule has 0 spiro atoms. The minimum absolute atomic E-state index is 0.170. The molecular weight excluding hydrogens is 266 g/mol. The lowest BCUT2D eigenvalue weighted by molar-refractivity contribution is 0.477. The van der Waals surface area contributed by atoms with Crippen molar-refractivity contribution in [2.45, 2.75) is 11.0 Å². The Kier molecular flexibility index (Phi) is 2.79. The van der Waals surface area contributed by atoms with E-state index < -0.39 is 10.8 Å². The number of aromatic nitrogens is 4. The fraction of sp³-hybridized carbons (Fsp3) is 0.182. The summed E-state index contributed by atoms with van der Waals surface area (Å²) < 4.78 is 19.2. The van der Waals surface area contributed by atoms with Crippen LogP contribution in [0.1, 0.15) is 5.82 Å². The van der Waals surface area contributed by atoms with Gasteiger partial charge in [-0.25, -0.2) is 14.2 Å². The summed E-state index contributed by atoms with van der Waals surface area (Å²) in [6.45, 7) is 0. The van der Waals surface area contributed by atoms with E-state index in [1.807, 2.05) is 0 Å². The van der Waals surface area contributed by atoms with Crippen LogP contribution in [0, 0.1) is 0 Å². The van der Waals surface area contributed by atoms with Crippen LogP contribution in [0.25, 0.3) is 11.1 Å². The maximum atomic E-state index is 12.2. The van der Waals surface area contributed by atoms with Gasteiger partial charge in [-0.05, 0) is 18.2 Å². The number of nitrogens with zero attached hydrogens (tertiary/aromatic N) is 4. The van der Waals surface area contributed by atoms with Gasteiger partial charge in [-0.1, -0.05) is 0 Å². The third-order valence-corrected chi connectivity index (χ3v) is 3.74. The number of aryl methyl sites for hydroxylation is 1. The van der Waals surface area contributed by atoms with Crippen LogP contribution in [-0.2, 0) is 23.6 Å². The molecule has 1 aromatic carbocycles. The summed E-state index contributed by atoms with van der Waals surface area (Å²) in [5.74, 6) is 0.818. The topological polar surface area (TPSA) is 99.8 Å². The summed E-state index contributed by atoms with van der Waals surface area (Å²) in [5.41, 5.74) is 7.41.